The summed E-state index contributed by atoms with van der Waals surface area (Å²) < 4.78 is 4.75. The van der Waals surface area contributed by atoms with Gasteiger partial charge >= 0.3 is 5.97 Å². The molecule has 0 unspecified atom stereocenters. The summed E-state index contributed by atoms with van der Waals surface area (Å²) in [5.74, 6) is -0.246. The first-order valence-electron chi connectivity index (χ1n) is 4.42. The molecule has 1 heterocycles. The molecule has 68 valence electrons. The SMILES string of the molecule is CCOC(=O)/C=C\N1CCCC1. The molecule has 0 bridgehead atoms. The number of carbonyl (C=O) groups excluding carboxylic acids is 1. The van der Waals surface area contributed by atoms with Gasteiger partial charge in [-0.2, -0.15) is 0 Å². The van der Waals surface area contributed by atoms with E-state index in [0.717, 1.165) is 13.1 Å². The zero-order chi connectivity index (χ0) is 8.81. The van der Waals surface area contributed by atoms with Crippen LogP contribution in [0.15, 0.2) is 12.3 Å². The van der Waals surface area contributed by atoms with Gasteiger partial charge in [0.2, 0.25) is 0 Å². The zero-order valence-electron chi connectivity index (χ0n) is 7.45. The maximum atomic E-state index is 10.9. The van der Waals surface area contributed by atoms with Crippen molar-refractivity contribution >= 4 is 5.97 Å². The van der Waals surface area contributed by atoms with E-state index in [9.17, 15) is 4.79 Å². The average Bonchev–Trinajstić information content (AvgIpc) is 2.53. The summed E-state index contributed by atoms with van der Waals surface area (Å²) in [6.07, 6.45) is 5.78. The predicted molar refractivity (Wildman–Crippen MR) is 46.6 cm³/mol. The minimum Gasteiger partial charge on any atom is -0.463 e. The van der Waals surface area contributed by atoms with Crippen LogP contribution in [0.3, 0.4) is 0 Å². The van der Waals surface area contributed by atoms with Gasteiger partial charge in [-0.1, -0.05) is 0 Å². The lowest BCUT2D eigenvalue weighted by molar-refractivity contribution is -0.137. The average molecular weight is 169 g/mol. The topological polar surface area (TPSA) is 29.5 Å². The Morgan fingerprint density at radius 2 is 2.17 bits per heavy atom. The highest BCUT2D eigenvalue weighted by molar-refractivity contribution is 5.81. The Morgan fingerprint density at radius 3 is 2.75 bits per heavy atom. The van der Waals surface area contributed by atoms with Crippen molar-refractivity contribution in [3.05, 3.63) is 12.3 Å². The lowest BCUT2D eigenvalue weighted by Crippen LogP contribution is -2.11. The summed E-state index contributed by atoms with van der Waals surface area (Å²) in [4.78, 5) is 13.0. The number of esters is 1. The van der Waals surface area contributed by atoms with E-state index in [4.69, 9.17) is 4.74 Å². The number of carbonyl (C=O) groups is 1. The second-order valence-corrected chi connectivity index (χ2v) is 2.81. The third-order valence-electron chi connectivity index (χ3n) is 1.85. The van der Waals surface area contributed by atoms with Gasteiger partial charge in [0.15, 0.2) is 0 Å². The Hall–Kier alpha value is -0.990. The Morgan fingerprint density at radius 1 is 1.50 bits per heavy atom. The number of ether oxygens (including phenoxy) is 1. The third kappa shape index (κ3) is 2.95. The molecule has 1 aliphatic heterocycles. The number of nitrogens with zero attached hydrogens (tertiary/aromatic N) is 1. The van der Waals surface area contributed by atoms with Crippen LogP contribution in [0.5, 0.6) is 0 Å². The van der Waals surface area contributed by atoms with Gasteiger partial charge in [-0.05, 0) is 19.8 Å². The van der Waals surface area contributed by atoms with Crippen molar-refractivity contribution in [2.24, 2.45) is 0 Å². The second-order valence-electron chi connectivity index (χ2n) is 2.81. The van der Waals surface area contributed by atoms with Gasteiger partial charge in [0.1, 0.15) is 0 Å². The zero-order valence-corrected chi connectivity index (χ0v) is 7.45. The van der Waals surface area contributed by atoms with Crippen molar-refractivity contribution in [2.75, 3.05) is 19.7 Å². The number of rotatable bonds is 3. The number of likely N-dealkylation sites (tertiary alicyclic amines) is 1. The molecule has 3 nitrogen and oxygen atoms in total. The maximum Gasteiger partial charge on any atom is 0.332 e. The van der Waals surface area contributed by atoms with Crippen LogP contribution < -0.4 is 0 Å². The summed E-state index contributed by atoms with van der Waals surface area (Å²) in [5.41, 5.74) is 0. The fraction of sp³-hybridized carbons (Fsp3) is 0.667. The molecule has 3 heteroatoms. The molecule has 0 saturated carbocycles. The van der Waals surface area contributed by atoms with Gasteiger partial charge in [-0.15, -0.1) is 0 Å². The smallest absolute Gasteiger partial charge is 0.332 e. The largest absolute Gasteiger partial charge is 0.463 e. The Kier molecular flexibility index (Phi) is 3.64. The van der Waals surface area contributed by atoms with Crippen LogP contribution in [0.4, 0.5) is 0 Å². The van der Waals surface area contributed by atoms with Gasteiger partial charge in [-0.3, -0.25) is 0 Å². The molecule has 1 aliphatic rings. The van der Waals surface area contributed by atoms with Gasteiger partial charge in [-0.25, -0.2) is 4.79 Å². The molecule has 1 fully saturated rings. The van der Waals surface area contributed by atoms with Crippen molar-refractivity contribution in [3.63, 3.8) is 0 Å². The van der Waals surface area contributed by atoms with E-state index in [1.54, 1.807) is 0 Å². The Balaban J connectivity index is 2.23. The van der Waals surface area contributed by atoms with Crippen molar-refractivity contribution < 1.29 is 9.53 Å². The normalized spacial score (nSPS) is 17.2. The Labute approximate surface area is 73.0 Å². The van der Waals surface area contributed by atoms with Crippen molar-refractivity contribution in [3.8, 4) is 0 Å². The first-order valence-corrected chi connectivity index (χ1v) is 4.42. The molecule has 1 rings (SSSR count). The fourth-order valence-corrected chi connectivity index (χ4v) is 1.25. The highest BCUT2D eigenvalue weighted by Crippen LogP contribution is 2.06. The number of hydrogen-bond acceptors (Lipinski definition) is 3. The Bertz CT molecular complexity index is 171. The summed E-state index contributed by atoms with van der Waals surface area (Å²) in [7, 11) is 0. The molecule has 0 aromatic rings. The summed E-state index contributed by atoms with van der Waals surface area (Å²) in [6.45, 7) is 4.39. The molecular weight excluding hydrogens is 154 g/mol. The summed E-state index contributed by atoms with van der Waals surface area (Å²) in [6, 6.07) is 0. The standard InChI is InChI=1S/C9H15NO2/c1-2-12-9(11)5-8-10-6-3-4-7-10/h5,8H,2-4,6-7H2,1H3/b8-5-. The van der Waals surface area contributed by atoms with Gasteiger partial charge in [0.25, 0.3) is 0 Å². The fourth-order valence-electron chi connectivity index (χ4n) is 1.25. The van der Waals surface area contributed by atoms with Crippen LogP contribution in [0.25, 0.3) is 0 Å². The van der Waals surface area contributed by atoms with Crippen molar-refractivity contribution in [2.45, 2.75) is 19.8 Å². The molecule has 0 spiro atoms. The van der Waals surface area contributed by atoms with Crippen molar-refractivity contribution in [1.29, 1.82) is 0 Å². The van der Waals surface area contributed by atoms with E-state index in [1.807, 2.05) is 13.1 Å². The minimum atomic E-state index is -0.246. The highest BCUT2D eigenvalue weighted by atomic mass is 16.5. The quantitative estimate of drug-likeness (QED) is 0.469. The first kappa shape index (κ1) is 9.10. The van der Waals surface area contributed by atoms with E-state index in [2.05, 4.69) is 4.90 Å². The maximum absolute atomic E-state index is 10.9. The molecule has 0 aromatic heterocycles. The molecule has 1 saturated heterocycles. The van der Waals surface area contributed by atoms with Gasteiger partial charge in [0, 0.05) is 25.4 Å². The minimum absolute atomic E-state index is 0.246. The number of hydrogen-bond donors (Lipinski definition) is 0. The molecule has 0 atom stereocenters. The van der Waals surface area contributed by atoms with Crippen LogP contribution in [0, 0.1) is 0 Å². The first-order chi connectivity index (χ1) is 5.83. The summed E-state index contributed by atoms with van der Waals surface area (Å²) in [5, 5.41) is 0. The predicted octanol–water partition coefficient (Wildman–Crippen LogP) is 1.16. The van der Waals surface area contributed by atoms with Crippen LogP contribution in [-0.4, -0.2) is 30.6 Å². The van der Waals surface area contributed by atoms with Gasteiger partial charge in [0.05, 0.1) is 6.61 Å². The molecule has 0 aromatic carbocycles. The monoisotopic (exact) mass is 169 g/mol. The van der Waals surface area contributed by atoms with Crippen LogP contribution >= 0.6 is 0 Å². The molecule has 0 amide bonds. The highest BCUT2D eigenvalue weighted by Gasteiger charge is 2.06. The molecule has 12 heavy (non-hydrogen) atoms. The van der Waals surface area contributed by atoms with E-state index >= 15 is 0 Å². The molecule has 0 aliphatic carbocycles. The lowest BCUT2D eigenvalue weighted by atomic mass is 10.4. The molecule has 0 radical (unpaired) electrons. The van der Waals surface area contributed by atoms with Gasteiger partial charge < -0.3 is 9.64 Å². The van der Waals surface area contributed by atoms with Crippen molar-refractivity contribution in [1.82, 2.24) is 4.90 Å². The van der Waals surface area contributed by atoms with E-state index in [-0.39, 0.29) is 5.97 Å². The van der Waals surface area contributed by atoms with Crippen LogP contribution in [0.1, 0.15) is 19.8 Å². The summed E-state index contributed by atoms with van der Waals surface area (Å²) >= 11 is 0. The second kappa shape index (κ2) is 4.80. The lowest BCUT2D eigenvalue weighted by Gasteiger charge is -2.09. The van der Waals surface area contributed by atoms with E-state index < -0.39 is 0 Å². The molecule has 0 N–H and O–H groups in total. The third-order valence-corrected chi connectivity index (χ3v) is 1.85. The van der Waals surface area contributed by atoms with Crippen LogP contribution in [-0.2, 0) is 9.53 Å². The van der Waals surface area contributed by atoms with E-state index in [0.29, 0.717) is 6.61 Å². The van der Waals surface area contributed by atoms with E-state index in [1.165, 1.54) is 18.9 Å². The van der Waals surface area contributed by atoms with Crippen LogP contribution in [0.2, 0.25) is 0 Å². The molecular formula is C9H15NO2.